The van der Waals surface area contributed by atoms with E-state index in [1.54, 1.807) is 24.3 Å². The molecule has 0 bridgehead atoms. The van der Waals surface area contributed by atoms with Gasteiger partial charge >= 0.3 is 12.0 Å². The Morgan fingerprint density at radius 2 is 1.78 bits per heavy atom. The van der Waals surface area contributed by atoms with Crippen molar-refractivity contribution in [1.82, 2.24) is 10.6 Å². The molecule has 0 fully saturated rings. The van der Waals surface area contributed by atoms with Crippen LogP contribution >= 0.6 is 15.9 Å². The van der Waals surface area contributed by atoms with Crippen molar-refractivity contribution in [3.05, 3.63) is 28.7 Å². The zero-order chi connectivity index (χ0) is 17.4. The van der Waals surface area contributed by atoms with Crippen molar-refractivity contribution in [2.45, 2.75) is 26.3 Å². The molecule has 23 heavy (non-hydrogen) atoms. The highest BCUT2D eigenvalue weighted by atomic mass is 79.9. The van der Waals surface area contributed by atoms with Crippen molar-refractivity contribution in [2.75, 3.05) is 11.9 Å². The number of carbonyl (C=O) groups excluding carboxylic acids is 2. The summed E-state index contributed by atoms with van der Waals surface area (Å²) in [6, 6.07) is 5.44. The van der Waals surface area contributed by atoms with Gasteiger partial charge in [-0.2, -0.15) is 0 Å². The van der Waals surface area contributed by atoms with Gasteiger partial charge in [0.05, 0.1) is 6.54 Å². The average molecular weight is 386 g/mol. The molecule has 1 rings (SSSR count). The minimum Gasteiger partial charge on any atom is -0.480 e. The molecule has 7 nitrogen and oxygen atoms in total. The van der Waals surface area contributed by atoms with E-state index in [2.05, 4.69) is 31.9 Å². The highest BCUT2D eigenvalue weighted by Gasteiger charge is 2.21. The van der Waals surface area contributed by atoms with E-state index in [9.17, 15) is 14.4 Å². The Morgan fingerprint density at radius 3 is 2.30 bits per heavy atom. The summed E-state index contributed by atoms with van der Waals surface area (Å²) in [4.78, 5) is 34.4. The van der Waals surface area contributed by atoms with Crippen LogP contribution in [0.15, 0.2) is 28.7 Å². The number of amides is 3. The van der Waals surface area contributed by atoms with E-state index in [1.807, 2.05) is 13.8 Å². The normalized spacial score (nSPS) is 11.7. The van der Waals surface area contributed by atoms with Crippen molar-refractivity contribution in [3.63, 3.8) is 0 Å². The third-order valence-corrected chi connectivity index (χ3v) is 3.38. The molecule has 0 aliphatic rings. The van der Waals surface area contributed by atoms with Crippen LogP contribution in [0, 0.1) is 5.92 Å². The van der Waals surface area contributed by atoms with Crippen LogP contribution in [-0.2, 0) is 9.59 Å². The average Bonchev–Trinajstić information content (AvgIpc) is 2.46. The van der Waals surface area contributed by atoms with E-state index >= 15 is 0 Å². The van der Waals surface area contributed by atoms with Gasteiger partial charge in [0.1, 0.15) is 6.04 Å². The number of aliphatic carboxylic acids is 1. The minimum absolute atomic E-state index is 0.130. The maximum Gasteiger partial charge on any atom is 0.326 e. The highest BCUT2D eigenvalue weighted by molar-refractivity contribution is 9.10. The zero-order valence-electron chi connectivity index (χ0n) is 12.9. The molecule has 0 radical (unpaired) electrons. The Labute approximate surface area is 143 Å². The van der Waals surface area contributed by atoms with Gasteiger partial charge in [0.2, 0.25) is 5.91 Å². The highest BCUT2D eigenvalue weighted by Crippen LogP contribution is 2.13. The summed E-state index contributed by atoms with van der Waals surface area (Å²) in [5.41, 5.74) is 0.578. The van der Waals surface area contributed by atoms with E-state index in [1.165, 1.54) is 0 Å². The first-order valence-corrected chi connectivity index (χ1v) is 7.89. The molecule has 1 aromatic carbocycles. The van der Waals surface area contributed by atoms with E-state index in [0.29, 0.717) is 12.1 Å². The predicted molar refractivity (Wildman–Crippen MR) is 90.2 cm³/mol. The summed E-state index contributed by atoms with van der Waals surface area (Å²) < 4.78 is 0.882. The third kappa shape index (κ3) is 7.64. The second-order valence-electron chi connectivity index (χ2n) is 5.40. The van der Waals surface area contributed by atoms with Gasteiger partial charge in [-0.25, -0.2) is 9.59 Å². The fraction of sp³-hybridized carbons (Fsp3) is 0.400. The quantitative estimate of drug-likeness (QED) is 0.576. The maximum absolute atomic E-state index is 11.7. The number of carboxylic acids is 1. The van der Waals surface area contributed by atoms with Crippen molar-refractivity contribution < 1.29 is 19.5 Å². The molecule has 0 saturated heterocycles. The third-order valence-electron chi connectivity index (χ3n) is 2.85. The molecular weight excluding hydrogens is 366 g/mol. The molecule has 3 amide bonds. The molecule has 126 valence electrons. The Hall–Kier alpha value is -2.09. The lowest BCUT2D eigenvalue weighted by Crippen LogP contribution is -2.46. The van der Waals surface area contributed by atoms with Gasteiger partial charge in [-0.1, -0.05) is 29.8 Å². The summed E-state index contributed by atoms with van der Waals surface area (Å²) in [5.74, 6) is -1.51. The molecule has 4 N–H and O–H groups in total. The molecule has 0 aromatic heterocycles. The van der Waals surface area contributed by atoms with Crippen LogP contribution in [0.3, 0.4) is 0 Å². The fourth-order valence-electron chi connectivity index (χ4n) is 1.81. The number of rotatable bonds is 7. The summed E-state index contributed by atoms with van der Waals surface area (Å²) in [7, 11) is 0. The molecular formula is C15H20BrN3O4. The standard InChI is InChI=1S/C15H20BrN3O4/c1-9(2)7-12(14(21)22)19-13(20)8-17-15(23)18-11-5-3-10(16)4-6-11/h3-6,9,12H,7-8H2,1-2H3,(H,19,20)(H,21,22)(H2,17,18,23)/t12-/m0/s1. The zero-order valence-corrected chi connectivity index (χ0v) is 14.5. The summed E-state index contributed by atoms with van der Waals surface area (Å²) in [6.07, 6.45) is 0.326. The lowest BCUT2D eigenvalue weighted by Gasteiger charge is -2.16. The van der Waals surface area contributed by atoms with Crippen molar-refractivity contribution >= 4 is 39.5 Å². The Morgan fingerprint density at radius 1 is 1.17 bits per heavy atom. The van der Waals surface area contributed by atoms with Gasteiger partial charge in [0.25, 0.3) is 0 Å². The van der Waals surface area contributed by atoms with Crippen molar-refractivity contribution in [2.24, 2.45) is 5.92 Å². The second-order valence-corrected chi connectivity index (χ2v) is 6.32. The molecule has 1 atom stereocenters. The molecule has 1 aromatic rings. The number of urea groups is 1. The Balaban J connectivity index is 2.40. The molecule has 0 unspecified atom stereocenters. The van der Waals surface area contributed by atoms with Crippen LogP contribution in [0.1, 0.15) is 20.3 Å². The van der Waals surface area contributed by atoms with Crippen molar-refractivity contribution in [1.29, 1.82) is 0 Å². The van der Waals surface area contributed by atoms with E-state index < -0.39 is 23.9 Å². The van der Waals surface area contributed by atoms with Gasteiger partial charge in [-0.05, 0) is 36.6 Å². The first kappa shape index (κ1) is 19.0. The smallest absolute Gasteiger partial charge is 0.326 e. The summed E-state index contributed by atoms with van der Waals surface area (Å²) >= 11 is 3.28. The van der Waals surface area contributed by atoms with Gasteiger partial charge in [0.15, 0.2) is 0 Å². The number of hydrogen-bond donors (Lipinski definition) is 4. The first-order valence-electron chi connectivity index (χ1n) is 7.10. The molecule has 0 saturated carbocycles. The van der Waals surface area contributed by atoms with Gasteiger partial charge < -0.3 is 21.1 Å². The molecule has 0 heterocycles. The van der Waals surface area contributed by atoms with Crippen molar-refractivity contribution in [3.8, 4) is 0 Å². The van der Waals surface area contributed by atoms with E-state index in [4.69, 9.17) is 5.11 Å². The molecule has 0 spiro atoms. The number of benzene rings is 1. The van der Waals surface area contributed by atoms with Crippen LogP contribution in [0.25, 0.3) is 0 Å². The molecule has 8 heteroatoms. The fourth-order valence-corrected chi connectivity index (χ4v) is 2.07. The largest absolute Gasteiger partial charge is 0.480 e. The molecule has 0 aliphatic carbocycles. The number of nitrogens with one attached hydrogen (secondary N) is 3. The number of carbonyl (C=O) groups is 3. The van der Waals surface area contributed by atoms with Gasteiger partial charge in [-0.15, -0.1) is 0 Å². The van der Waals surface area contributed by atoms with Crippen LogP contribution in [0.5, 0.6) is 0 Å². The van der Waals surface area contributed by atoms with Gasteiger partial charge in [0, 0.05) is 10.2 Å². The maximum atomic E-state index is 11.7. The number of anilines is 1. The number of halogens is 1. The van der Waals surface area contributed by atoms with Crippen LogP contribution in [0.2, 0.25) is 0 Å². The van der Waals surface area contributed by atoms with Crippen LogP contribution < -0.4 is 16.0 Å². The Kier molecular flexibility index (Phi) is 7.53. The van der Waals surface area contributed by atoms with Crippen LogP contribution in [0.4, 0.5) is 10.5 Å². The topological polar surface area (TPSA) is 108 Å². The van der Waals surface area contributed by atoms with E-state index in [0.717, 1.165) is 4.47 Å². The monoisotopic (exact) mass is 385 g/mol. The van der Waals surface area contributed by atoms with Crippen LogP contribution in [-0.4, -0.2) is 35.6 Å². The lowest BCUT2D eigenvalue weighted by atomic mass is 10.0. The number of hydrogen-bond acceptors (Lipinski definition) is 3. The summed E-state index contributed by atoms with van der Waals surface area (Å²) in [5, 5.41) is 16.4. The molecule has 0 aliphatic heterocycles. The Bertz CT molecular complexity index is 560. The van der Waals surface area contributed by atoms with E-state index in [-0.39, 0.29) is 12.5 Å². The second kappa shape index (κ2) is 9.14. The first-order chi connectivity index (χ1) is 10.8. The summed E-state index contributed by atoms with van der Waals surface area (Å²) in [6.45, 7) is 3.43. The van der Waals surface area contributed by atoms with Gasteiger partial charge in [-0.3, -0.25) is 4.79 Å². The lowest BCUT2D eigenvalue weighted by molar-refractivity contribution is -0.142. The number of carboxylic acid groups (broad SMARTS) is 1. The SMILES string of the molecule is CC(C)C[C@H](NC(=O)CNC(=O)Nc1ccc(Br)cc1)C(=O)O. The minimum atomic E-state index is -1.09. The predicted octanol–water partition coefficient (Wildman–Crippen LogP) is 2.19.